The molecule has 0 aromatic heterocycles. The summed E-state index contributed by atoms with van der Waals surface area (Å²) in [6.45, 7) is -0.413. The van der Waals surface area contributed by atoms with Crippen molar-refractivity contribution in [3.63, 3.8) is 0 Å². The fourth-order valence-corrected chi connectivity index (χ4v) is 4.74. The smallest absolute Gasteiger partial charge is 0.339 e. The Morgan fingerprint density at radius 2 is 1.48 bits per heavy atom. The Labute approximate surface area is 260 Å². The molecule has 0 saturated heterocycles. The zero-order valence-electron chi connectivity index (χ0n) is 23.8. The first kappa shape index (κ1) is 33.5. The number of phenols is 4. The van der Waals surface area contributed by atoms with Gasteiger partial charge in [-0.2, -0.15) is 0 Å². The van der Waals surface area contributed by atoms with Gasteiger partial charge >= 0.3 is 17.9 Å². The summed E-state index contributed by atoms with van der Waals surface area (Å²) in [7, 11) is 0. The summed E-state index contributed by atoms with van der Waals surface area (Å²) in [4.78, 5) is 38.4. The number of hydrogen-bond donors (Lipinski definition) is 9. The molecule has 1 aliphatic rings. The van der Waals surface area contributed by atoms with Crippen molar-refractivity contribution >= 4 is 35.6 Å². The van der Waals surface area contributed by atoms with E-state index in [1.807, 2.05) is 0 Å². The van der Waals surface area contributed by atoms with Crippen LogP contribution in [0.15, 0.2) is 66.7 Å². The molecule has 4 unspecified atom stereocenters. The number of benzene rings is 3. The van der Waals surface area contributed by atoms with Crippen molar-refractivity contribution in [2.24, 2.45) is 0 Å². The van der Waals surface area contributed by atoms with Crippen LogP contribution in [0, 0.1) is 0 Å². The highest BCUT2D eigenvalue weighted by atomic mass is 16.7. The monoisotopic (exact) mass is 638 g/mol. The van der Waals surface area contributed by atoms with E-state index in [-0.39, 0.29) is 22.3 Å². The minimum Gasteiger partial charge on any atom is -0.504 e. The quantitative estimate of drug-likeness (QED) is 0.0528. The molecule has 46 heavy (non-hydrogen) atoms. The van der Waals surface area contributed by atoms with Crippen molar-refractivity contribution in [3.8, 4) is 23.0 Å². The molecule has 0 radical (unpaired) electrons. The maximum Gasteiger partial charge on any atom is 0.339 e. The van der Waals surface area contributed by atoms with Gasteiger partial charge in [-0.1, -0.05) is 30.3 Å². The second-order valence-corrected chi connectivity index (χ2v) is 10.6. The van der Waals surface area contributed by atoms with Gasteiger partial charge in [0.1, 0.15) is 6.10 Å². The SMILES string of the molecule is O=C(C=Cc1ccc(O)c(O)c1)OC1(O)C(O)CC(O)(C(=O)O)CC1OC(=O)C(=Cc1ccc(O)c(O)c1)c1cccc(CO)c1. The maximum absolute atomic E-state index is 13.7. The van der Waals surface area contributed by atoms with E-state index in [1.54, 1.807) is 6.07 Å². The summed E-state index contributed by atoms with van der Waals surface area (Å²) in [5, 5.41) is 90.9. The van der Waals surface area contributed by atoms with Crippen molar-refractivity contribution in [1.82, 2.24) is 0 Å². The molecule has 14 heteroatoms. The molecule has 3 aromatic rings. The van der Waals surface area contributed by atoms with Gasteiger partial charge < -0.3 is 55.4 Å². The molecule has 4 atom stereocenters. The Hall–Kier alpha value is -5.41. The van der Waals surface area contributed by atoms with Crippen molar-refractivity contribution < 1.29 is 69.8 Å². The summed E-state index contributed by atoms with van der Waals surface area (Å²) in [5.74, 6) is -9.36. The van der Waals surface area contributed by atoms with Crippen molar-refractivity contribution in [2.45, 2.75) is 43.0 Å². The molecule has 4 rings (SSSR count). The maximum atomic E-state index is 13.7. The van der Waals surface area contributed by atoms with Gasteiger partial charge in [0.15, 0.2) is 34.7 Å². The van der Waals surface area contributed by atoms with E-state index in [0.717, 1.165) is 36.4 Å². The predicted octanol–water partition coefficient (Wildman–Crippen LogP) is 1.37. The van der Waals surface area contributed by atoms with Crippen LogP contribution in [0.5, 0.6) is 23.0 Å². The number of esters is 2. The largest absolute Gasteiger partial charge is 0.504 e. The highest BCUT2D eigenvalue weighted by Gasteiger charge is 2.61. The predicted molar refractivity (Wildman–Crippen MR) is 158 cm³/mol. The first-order valence-corrected chi connectivity index (χ1v) is 13.6. The second kappa shape index (κ2) is 13.3. The number of carboxylic acid groups (broad SMARTS) is 1. The topological polar surface area (TPSA) is 252 Å². The van der Waals surface area contributed by atoms with Crippen molar-refractivity contribution in [3.05, 3.63) is 89.0 Å². The lowest BCUT2D eigenvalue weighted by molar-refractivity contribution is -0.314. The zero-order chi connectivity index (χ0) is 33.8. The lowest BCUT2D eigenvalue weighted by Crippen LogP contribution is -2.66. The van der Waals surface area contributed by atoms with E-state index >= 15 is 0 Å². The van der Waals surface area contributed by atoms with Crippen LogP contribution in [0.3, 0.4) is 0 Å². The number of phenolic OH excluding ortho intramolecular Hbond substituents is 4. The lowest BCUT2D eigenvalue weighted by Gasteiger charge is -2.45. The highest BCUT2D eigenvalue weighted by Crippen LogP contribution is 2.40. The third-order valence-electron chi connectivity index (χ3n) is 7.27. The van der Waals surface area contributed by atoms with Crippen LogP contribution in [-0.2, 0) is 30.5 Å². The Kier molecular flexibility index (Phi) is 9.68. The Balaban J connectivity index is 1.71. The fraction of sp³-hybridized carbons (Fsp3) is 0.219. The minimum absolute atomic E-state index is 0.148. The van der Waals surface area contributed by atoms with Gasteiger partial charge in [0.05, 0.1) is 12.2 Å². The van der Waals surface area contributed by atoms with Gasteiger partial charge in [0, 0.05) is 18.9 Å². The highest BCUT2D eigenvalue weighted by molar-refractivity contribution is 6.21. The average Bonchev–Trinajstić information content (AvgIpc) is 3.01. The van der Waals surface area contributed by atoms with Gasteiger partial charge in [-0.3, -0.25) is 0 Å². The number of aliphatic hydroxyl groups is 4. The van der Waals surface area contributed by atoms with Crippen molar-refractivity contribution in [2.75, 3.05) is 0 Å². The van der Waals surface area contributed by atoms with Crippen LogP contribution in [0.4, 0.5) is 0 Å². The summed E-state index contributed by atoms with van der Waals surface area (Å²) >= 11 is 0. The number of carbonyl (C=O) groups is 3. The normalized spacial score (nSPS) is 23.2. The summed E-state index contributed by atoms with van der Waals surface area (Å²) in [6.07, 6.45) is -3.40. The first-order chi connectivity index (χ1) is 21.6. The summed E-state index contributed by atoms with van der Waals surface area (Å²) in [5.41, 5.74) is -2.10. The third-order valence-corrected chi connectivity index (χ3v) is 7.27. The molecule has 14 nitrogen and oxygen atoms in total. The number of carbonyl (C=O) groups excluding carboxylic acids is 2. The Bertz CT molecular complexity index is 1710. The fourth-order valence-electron chi connectivity index (χ4n) is 4.74. The molecule has 0 aliphatic heterocycles. The summed E-state index contributed by atoms with van der Waals surface area (Å²) in [6, 6.07) is 13.1. The van der Waals surface area contributed by atoms with Crippen molar-refractivity contribution in [1.29, 1.82) is 0 Å². The molecule has 0 heterocycles. The zero-order valence-corrected chi connectivity index (χ0v) is 23.8. The Morgan fingerprint density at radius 1 is 0.848 bits per heavy atom. The van der Waals surface area contributed by atoms with E-state index in [4.69, 9.17) is 9.47 Å². The molecule has 242 valence electrons. The third kappa shape index (κ3) is 7.27. The van der Waals surface area contributed by atoms with Crippen LogP contribution in [0.2, 0.25) is 0 Å². The molecule has 3 aromatic carbocycles. The van der Waals surface area contributed by atoms with E-state index in [9.17, 15) is 60.3 Å². The number of hydrogen-bond acceptors (Lipinski definition) is 13. The van der Waals surface area contributed by atoms with E-state index in [2.05, 4.69) is 0 Å². The van der Waals surface area contributed by atoms with E-state index < -0.39 is 84.0 Å². The number of aliphatic carboxylic acids is 1. The summed E-state index contributed by atoms with van der Waals surface area (Å²) < 4.78 is 10.6. The standard InChI is InChI=1S/C32H30O14/c33-16-19-2-1-3-20(10-19)21(11-18-5-8-23(35)25(37)13-18)29(40)45-27-15-31(43,30(41)42)14-26(38)32(27,44)46-28(39)9-6-17-4-7-22(34)24(36)12-17/h1-13,26-27,33-38,43-44H,14-16H2,(H,41,42). The molecule has 1 saturated carbocycles. The molecule has 9 N–H and O–H groups in total. The van der Waals surface area contributed by atoms with Gasteiger partial charge in [-0.05, 0) is 64.7 Å². The van der Waals surface area contributed by atoms with Gasteiger partial charge in [-0.25, -0.2) is 14.4 Å². The van der Waals surface area contributed by atoms with Crippen LogP contribution >= 0.6 is 0 Å². The Morgan fingerprint density at radius 3 is 2.09 bits per heavy atom. The molecule has 0 spiro atoms. The van der Waals surface area contributed by atoms with Gasteiger partial charge in [0.2, 0.25) is 0 Å². The molecular weight excluding hydrogens is 608 g/mol. The number of carboxylic acids is 1. The van der Waals surface area contributed by atoms with E-state index in [1.165, 1.54) is 36.4 Å². The first-order valence-electron chi connectivity index (χ1n) is 13.6. The number of rotatable bonds is 9. The van der Waals surface area contributed by atoms with Crippen LogP contribution in [-0.4, -0.2) is 87.5 Å². The van der Waals surface area contributed by atoms with Gasteiger partial charge in [0.25, 0.3) is 5.79 Å². The molecule has 1 aliphatic carbocycles. The molecular formula is C32H30O14. The number of ether oxygens (including phenoxy) is 2. The number of aliphatic hydroxyl groups excluding tert-OH is 2. The second-order valence-electron chi connectivity index (χ2n) is 10.6. The van der Waals surface area contributed by atoms with Gasteiger partial charge in [-0.15, -0.1) is 0 Å². The van der Waals surface area contributed by atoms with Crippen LogP contribution in [0.25, 0.3) is 17.7 Å². The molecule has 0 amide bonds. The number of aromatic hydroxyl groups is 4. The van der Waals surface area contributed by atoms with Crippen LogP contribution < -0.4 is 0 Å². The minimum atomic E-state index is -3.08. The molecule has 0 bridgehead atoms. The molecule has 1 fully saturated rings. The van der Waals surface area contributed by atoms with E-state index in [0.29, 0.717) is 5.56 Å². The van der Waals surface area contributed by atoms with Crippen LogP contribution in [0.1, 0.15) is 35.1 Å². The average molecular weight is 639 g/mol. The lowest BCUT2D eigenvalue weighted by atomic mass is 9.77.